The molecule has 0 bridgehead atoms. The minimum absolute atomic E-state index is 0.0761. The monoisotopic (exact) mass is 266 g/mol. The summed E-state index contributed by atoms with van der Waals surface area (Å²) in [6.07, 6.45) is 2.57. The molecule has 0 unspecified atom stereocenters. The van der Waals surface area contributed by atoms with Gasteiger partial charge in [0.15, 0.2) is 0 Å². The summed E-state index contributed by atoms with van der Waals surface area (Å²) in [6, 6.07) is 0. The summed E-state index contributed by atoms with van der Waals surface area (Å²) in [6.45, 7) is 2.07. The molecule has 10 heteroatoms. The topological polar surface area (TPSA) is 138 Å². The fourth-order valence-corrected chi connectivity index (χ4v) is 0.845. The maximum atomic E-state index is 9.93. The molecule has 0 aliphatic heterocycles. The van der Waals surface area contributed by atoms with Crippen molar-refractivity contribution in [2.45, 2.75) is 26.2 Å². The molecule has 0 spiro atoms. The predicted octanol–water partition coefficient (Wildman–Crippen LogP) is 0.343. The van der Waals surface area contributed by atoms with Gasteiger partial charge in [-0.3, -0.25) is 13.7 Å². The van der Waals surface area contributed by atoms with Crippen molar-refractivity contribution in [2.75, 3.05) is 6.61 Å². The SMILES string of the molecule is CCCCCOS(=O)(=O)O.O=S(=O)(O)O. The van der Waals surface area contributed by atoms with Crippen LogP contribution >= 0.6 is 0 Å². The Morgan fingerprint density at radius 1 is 1.00 bits per heavy atom. The first kappa shape index (κ1) is 17.1. The van der Waals surface area contributed by atoms with E-state index in [4.69, 9.17) is 22.1 Å². The minimum Gasteiger partial charge on any atom is -0.264 e. The van der Waals surface area contributed by atoms with Crippen LogP contribution in [0.25, 0.3) is 0 Å². The highest BCUT2D eigenvalue weighted by atomic mass is 32.3. The third kappa shape index (κ3) is 41.7. The molecule has 0 aliphatic carbocycles. The van der Waals surface area contributed by atoms with Gasteiger partial charge in [0.05, 0.1) is 6.61 Å². The van der Waals surface area contributed by atoms with Crippen molar-refractivity contribution < 1.29 is 34.7 Å². The molecule has 0 heterocycles. The van der Waals surface area contributed by atoms with Gasteiger partial charge in [0, 0.05) is 0 Å². The van der Waals surface area contributed by atoms with E-state index >= 15 is 0 Å². The average Bonchev–Trinajstić information content (AvgIpc) is 1.93. The molecule has 8 nitrogen and oxygen atoms in total. The van der Waals surface area contributed by atoms with Crippen LogP contribution in [0.1, 0.15) is 26.2 Å². The lowest BCUT2D eigenvalue weighted by atomic mass is 10.3. The summed E-state index contributed by atoms with van der Waals surface area (Å²) in [5.41, 5.74) is 0. The zero-order valence-electron chi connectivity index (χ0n) is 8.03. The Balaban J connectivity index is 0. The highest BCUT2D eigenvalue weighted by Crippen LogP contribution is 1.96. The van der Waals surface area contributed by atoms with Gasteiger partial charge < -0.3 is 0 Å². The second-order valence-corrected chi connectivity index (χ2v) is 4.39. The molecule has 0 saturated carbocycles. The van der Waals surface area contributed by atoms with Crippen LogP contribution in [0.5, 0.6) is 0 Å². The second-order valence-electron chi connectivity index (χ2n) is 2.40. The summed E-state index contributed by atoms with van der Waals surface area (Å²) >= 11 is 0. The first-order chi connectivity index (χ1) is 6.56. The van der Waals surface area contributed by atoms with E-state index in [1.807, 2.05) is 6.92 Å². The second kappa shape index (κ2) is 7.96. The Morgan fingerprint density at radius 2 is 1.40 bits per heavy atom. The smallest absolute Gasteiger partial charge is 0.264 e. The summed E-state index contributed by atoms with van der Waals surface area (Å²) in [5, 5.41) is 0. The Labute approximate surface area is 88.8 Å². The highest BCUT2D eigenvalue weighted by molar-refractivity contribution is 7.80. The third-order valence-corrected chi connectivity index (χ3v) is 1.44. The van der Waals surface area contributed by atoms with Crippen LogP contribution in [0.3, 0.4) is 0 Å². The van der Waals surface area contributed by atoms with Crippen molar-refractivity contribution >= 4 is 20.8 Å². The van der Waals surface area contributed by atoms with Gasteiger partial charge in [-0.25, -0.2) is 4.18 Å². The fraction of sp³-hybridized carbons (Fsp3) is 1.00. The van der Waals surface area contributed by atoms with E-state index in [1.54, 1.807) is 0 Å². The Hall–Kier alpha value is -0.260. The van der Waals surface area contributed by atoms with Crippen LogP contribution in [0, 0.1) is 0 Å². The molecular weight excluding hydrogens is 252 g/mol. The Bertz CT molecular complexity index is 320. The maximum absolute atomic E-state index is 9.93. The van der Waals surface area contributed by atoms with E-state index in [0.717, 1.165) is 12.8 Å². The molecule has 0 radical (unpaired) electrons. The van der Waals surface area contributed by atoms with Crippen molar-refractivity contribution in [1.82, 2.24) is 0 Å². The van der Waals surface area contributed by atoms with Crippen molar-refractivity contribution in [3.63, 3.8) is 0 Å². The van der Waals surface area contributed by atoms with Gasteiger partial charge in [-0.1, -0.05) is 19.8 Å². The van der Waals surface area contributed by atoms with Crippen LogP contribution in [-0.2, 0) is 25.0 Å². The van der Waals surface area contributed by atoms with E-state index in [9.17, 15) is 8.42 Å². The van der Waals surface area contributed by atoms with Gasteiger partial charge in [-0.2, -0.15) is 16.8 Å². The predicted molar refractivity (Wildman–Crippen MR) is 51.2 cm³/mol. The van der Waals surface area contributed by atoms with Gasteiger partial charge >= 0.3 is 20.8 Å². The molecule has 0 atom stereocenters. The molecule has 15 heavy (non-hydrogen) atoms. The molecule has 0 rings (SSSR count). The first-order valence-electron chi connectivity index (χ1n) is 3.88. The van der Waals surface area contributed by atoms with E-state index < -0.39 is 20.8 Å². The van der Waals surface area contributed by atoms with Crippen LogP contribution in [0.2, 0.25) is 0 Å². The molecule has 0 aromatic rings. The average molecular weight is 266 g/mol. The van der Waals surface area contributed by atoms with Gasteiger partial charge in [0.1, 0.15) is 0 Å². The number of hydrogen-bond acceptors (Lipinski definition) is 5. The third-order valence-electron chi connectivity index (χ3n) is 0.980. The molecule has 0 fully saturated rings. The van der Waals surface area contributed by atoms with Crippen LogP contribution in [0.4, 0.5) is 0 Å². The lowest BCUT2D eigenvalue weighted by Crippen LogP contribution is -2.04. The molecule has 0 aromatic heterocycles. The van der Waals surface area contributed by atoms with Crippen molar-refractivity contribution in [2.24, 2.45) is 0 Å². The lowest BCUT2D eigenvalue weighted by Gasteiger charge is -1.96. The standard InChI is InChI=1S/C5H12O4S.H2O4S/c1-2-3-4-5-9-10(6,7)8;1-5(2,3)4/h2-5H2,1H3,(H,6,7,8);(H2,1,2,3,4). The van der Waals surface area contributed by atoms with Crippen molar-refractivity contribution in [3.05, 3.63) is 0 Å². The van der Waals surface area contributed by atoms with Gasteiger partial charge in [0.25, 0.3) is 0 Å². The van der Waals surface area contributed by atoms with Gasteiger partial charge in [-0.05, 0) is 6.42 Å². The lowest BCUT2D eigenvalue weighted by molar-refractivity contribution is 0.262. The quantitative estimate of drug-likeness (QED) is 0.478. The highest BCUT2D eigenvalue weighted by Gasteiger charge is 2.01. The zero-order valence-corrected chi connectivity index (χ0v) is 9.66. The normalized spacial score (nSPS) is 11.7. The molecule has 0 amide bonds. The van der Waals surface area contributed by atoms with Crippen molar-refractivity contribution in [1.29, 1.82) is 0 Å². The van der Waals surface area contributed by atoms with E-state index in [0.29, 0.717) is 6.42 Å². The molecule has 0 aromatic carbocycles. The summed E-state index contributed by atoms with van der Waals surface area (Å²) in [5.74, 6) is 0. The van der Waals surface area contributed by atoms with Crippen LogP contribution in [0.15, 0.2) is 0 Å². The van der Waals surface area contributed by atoms with Crippen molar-refractivity contribution in [3.8, 4) is 0 Å². The van der Waals surface area contributed by atoms with Gasteiger partial charge in [-0.15, -0.1) is 0 Å². The van der Waals surface area contributed by atoms with Gasteiger partial charge in [0.2, 0.25) is 0 Å². The van der Waals surface area contributed by atoms with E-state index in [1.165, 1.54) is 0 Å². The largest absolute Gasteiger partial charge is 0.397 e. The molecule has 0 saturated heterocycles. The molecule has 94 valence electrons. The summed E-state index contributed by atoms with van der Waals surface area (Å²) in [4.78, 5) is 0. The fourth-order valence-electron chi connectivity index (χ4n) is 0.516. The number of unbranched alkanes of at least 4 members (excludes halogenated alkanes) is 2. The number of hydrogen-bond donors (Lipinski definition) is 3. The Kier molecular flexibility index (Phi) is 9.10. The molecule has 3 N–H and O–H groups in total. The first-order valence-corrected chi connectivity index (χ1v) is 6.64. The summed E-state index contributed by atoms with van der Waals surface area (Å²) < 4.78 is 63.6. The van der Waals surface area contributed by atoms with Crippen LogP contribution < -0.4 is 0 Å². The number of rotatable bonds is 5. The van der Waals surface area contributed by atoms with Crippen LogP contribution in [-0.4, -0.2) is 37.1 Å². The van der Waals surface area contributed by atoms with E-state index in [2.05, 4.69) is 4.18 Å². The zero-order chi connectivity index (χ0) is 12.5. The Morgan fingerprint density at radius 3 is 1.67 bits per heavy atom. The van der Waals surface area contributed by atoms with E-state index in [-0.39, 0.29) is 6.61 Å². The maximum Gasteiger partial charge on any atom is 0.397 e. The minimum atomic E-state index is -4.67. The molecule has 0 aliphatic rings. The molecular formula is C5H14O8S2. The summed E-state index contributed by atoms with van der Waals surface area (Å²) in [7, 11) is -8.87.